The number of carboxylic acids is 1. The van der Waals surface area contributed by atoms with Crippen molar-refractivity contribution in [1.82, 2.24) is 9.62 Å². The second-order valence-electron chi connectivity index (χ2n) is 4.10. The minimum atomic E-state index is -3.73. The highest BCUT2D eigenvalue weighted by Gasteiger charge is 2.33. The van der Waals surface area contributed by atoms with Gasteiger partial charge in [-0.1, -0.05) is 0 Å². The summed E-state index contributed by atoms with van der Waals surface area (Å²) >= 11 is 0. The maximum absolute atomic E-state index is 11.8. The Bertz CT molecular complexity index is 349. The van der Waals surface area contributed by atoms with Crippen LogP contribution in [-0.4, -0.2) is 55.2 Å². The van der Waals surface area contributed by atoms with Gasteiger partial charge in [-0.3, -0.25) is 4.79 Å². The minimum absolute atomic E-state index is 0.140. The molecule has 7 heteroatoms. The van der Waals surface area contributed by atoms with E-state index in [1.54, 1.807) is 0 Å². The Morgan fingerprint density at radius 1 is 1.62 bits per heavy atom. The zero-order valence-electron chi connectivity index (χ0n) is 9.51. The first-order valence-electron chi connectivity index (χ1n) is 5.27. The molecule has 16 heavy (non-hydrogen) atoms. The van der Waals surface area contributed by atoms with Crippen LogP contribution in [0.25, 0.3) is 0 Å². The van der Waals surface area contributed by atoms with Crippen LogP contribution in [0, 0.1) is 0 Å². The highest BCUT2D eigenvalue weighted by molar-refractivity contribution is 7.90. The SMILES string of the molecule is CC(C(=O)O)S(=O)(=O)N(C)CC1CCCN1. The Labute approximate surface area is 95.7 Å². The lowest BCUT2D eigenvalue weighted by Gasteiger charge is -2.22. The molecule has 1 saturated heterocycles. The largest absolute Gasteiger partial charge is 0.480 e. The van der Waals surface area contributed by atoms with Gasteiger partial charge in [0.05, 0.1) is 0 Å². The molecule has 0 amide bonds. The van der Waals surface area contributed by atoms with E-state index >= 15 is 0 Å². The number of sulfonamides is 1. The quantitative estimate of drug-likeness (QED) is 0.685. The average molecular weight is 250 g/mol. The van der Waals surface area contributed by atoms with Gasteiger partial charge in [0.25, 0.3) is 0 Å². The van der Waals surface area contributed by atoms with Crippen molar-refractivity contribution in [3.05, 3.63) is 0 Å². The lowest BCUT2D eigenvalue weighted by Crippen LogP contribution is -2.44. The number of aliphatic carboxylic acids is 1. The molecule has 6 nitrogen and oxygen atoms in total. The lowest BCUT2D eigenvalue weighted by atomic mass is 10.2. The van der Waals surface area contributed by atoms with Crippen molar-refractivity contribution in [2.24, 2.45) is 0 Å². The van der Waals surface area contributed by atoms with Crippen LogP contribution in [0.5, 0.6) is 0 Å². The van der Waals surface area contributed by atoms with Gasteiger partial charge in [-0.15, -0.1) is 0 Å². The Hall–Kier alpha value is -0.660. The molecule has 0 saturated carbocycles. The van der Waals surface area contributed by atoms with Crippen LogP contribution in [-0.2, 0) is 14.8 Å². The fourth-order valence-electron chi connectivity index (χ4n) is 1.72. The Balaban J connectivity index is 2.64. The summed E-state index contributed by atoms with van der Waals surface area (Å²) in [7, 11) is -2.31. The molecule has 0 radical (unpaired) electrons. The van der Waals surface area contributed by atoms with Crippen molar-refractivity contribution in [2.45, 2.75) is 31.1 Å². The van der Waals surface area contributed by atoms with Gasteiger partial charge in [-0.2, -0.15) is 0 Å². The molecular weight excluding hydrogens is 232 g/mol. The standard InChI is InChI=1S/C9H18N2O4S/c1-7(9(12)13)16(14,15)11(2)6-8-4-3-5-10-8/h7-8,10H,3-6H2,1-2H3,(H,12,13). The van der Waals surface area contributed by atoms with Crippen LogP contribution in [0.1, 0.15) is 19.8 Å². The lowest BCUT2D eigenvalue weighted by molar-refractivity contribution is -0.136. The average Bonchev–Trinajstić information content (AvgIpc) is 2.68. The molecule has 0 aliphatic carbocycles. The number of carboxylic acid groups (broad SMARTS) is 1. The predicted molar refractivity (Wildman–Crippen MR) is 59.7 cm³/mol. The first-order valence-corrected chi connectivity index (χ1v) is 6.77. The predicted octanol–water partition coefficient (Wildman–Crippen LogP) is -0.527. The zero-order chi connectivity index (χ0) is 12.3. The molecule has 2 N–H and O–H groups in total. The van der Waals surface area contributed by atoms with E-state index in [4.69, 9.17) is 5.11 Å². The van der Waals surface area contributed by atoms with E-state index in [0.29, 0.717) is 6.54 Å². The third-order valence-corrected chi connectivity index (χ3v) is 4.98. The fourth-order valence-corrected chi connectivity index (χ4v) is 2.91. The summed E-state index contributed by atoms with van der Waals surface area (Å²) in [6.07, 6.45) is 1.97. The van der Waals surface area contributed by atoms with Gasteiger partial charge in [0.15, 0.2) is 5.25 Å². The molecule has 2 atom stereocenters. The maximum Gasteiger partial charge on any atom is 0.323 e. The third-order valence-electron chi connectivity index (χ3n) is 2.87. The first kappa shape index (κ1) is 13.4. The molecule has 1 rings (SSSR count). The Morgan fingerprint density at radius 3 is 2.69 bits per heavy atom. The smallest absolute Gasteiger partial charge is 0.323 e. The van der Waals surface area contributed by atoms with Gasteiger partial charge in [0, 0.05) is 19.6 Å². The second kappa shape index (κ2) is 5.11. The molecule has 1 fully saturated rings. The van der Waals surface area contributed by atoms with E-state index in [0.717, 1.165) is 23.7 Å². The van der Waals surface area contributed by atoms with Crippen molar-refractivity contribution in [3.63, 3.8) is 0 Å². The van der Waals surface area contributed by atoms with E-state index in [-0.39, 0.29) is 6.04 Å². The van der Waals surface area contributed by atoms with Crippen molar-refractivity contribution < 1.29 is 18.3 Å². The maximum atomic E-state index is 11.8. The van der Waals surface area contributed by atoms with Crippen LogP contribution in [0.3, 0.4) is 0 Å². The van der Waals surface area contributed by atoms with E-state index < -0.39 is 21.2 Å². The molecule has 94 valence electrons. The fraction of sp³-hybridized carbons (Fsp3) is 0.889. The highest BCUT2D eigenvalue weighted by atomic mass is 32.2. The molecule has 0 spiro atoms. The van der Waals surface area contributed by atoms with Crippen molar-refractivity contribution in [3.8, 4) is 0 Å². The van der Waals surface area contributed by atoms with Crippen molar-refractivity contribution in [2.75, 3.05) is 20.1 Å². The number of nitrogens with zero attached hydrogens (tertiary/aromatic N) is 1. The van der Waals surface area contributed by atoms with Gasteiger partial charge in [-0.05, 0) is 26.3 Å². The molecule has 0 aromatic heterocycles. The van der Waals surface area contributed by atoms with Gasteiger partial charge >= 0.3 is 5.97 Å². The Kier molecular flexibility index (Phi) is 4.28. The number of likely N-dealkylation sites (N-methyl/N-ethyl adjacent to an activating group) is 1. The minimum Gasteiger partial charge on any atom is -0.480 e. The summed E-state index contributed by atoms with van der Waals surface area (Å²) in [5, 5.41) is 10.5. The van der Waals surface area contributed by atoms with Gasteiger partial charge in [0.1, 0.15) is 0 Å². The molecule has 1 aliphatic heterocycles. The number of carbonyl (C=O) groups is 1. The van der Waals surface area contributed by atoms with E-state index in [1.807, 2.05) is 0 Å². The summed E-state index contributed by atoms with van der Waals surface area (Å²) in [6.45, 7) is 2.42. The van der Waals surface area contributed by atoms with Crippen LogP contribution in [0.15, 0.2) is 0 Å². The van der Waals surface area contributed by atoms with Gasteiger partial charge in [-0.25, -0.2) is 12.7 Å². The van der Waals surface area contributed by atoms with E-state index in [1.165, 1.54) is 14.0 Å². The van der Waals surface area contributed by atoms with E-state index in [2.05, 4.69) is 5.32 Å². The summed E-state index contributed by atoms with van der Waals surface area (Å²) in [6, 6.07) is 0.140. The summed E-state index contributed by atoms with van der Waals surface area (Å²) in [5.74, 6) is -1.31. The molecule has 0 aromatic carbocycles. The second-order valence-corrected chi connectivity index (χ2v) is 6.46. The van der Waals surface area contributed by atoms with Gasteiger partial charge in [0.2, 0.25) is 10.0 Å². The molecule has 1 heterocycles. The highest BCUT2D eigenvalue weighted by Crippen LogP contribution is 2.12. The summed E-state index contributed by atoms with van der Waals surface area (Å²) in [4.78, 5) is 10.7. The van der Waals surface area contributed by atoms with Crippen LogP contribution in [0.4, 0.5) is 0 Å². The summed E-state index contributed by atoms with van der Waals surface area (Å²) < 4.78 is 24.7. The van der Waals surface area contributed by atoms with E-state index in [9.17, 15) is 13.2 Å². The molecular formula is C9H18N2O4S. The van der Waals surface area contributed by atoms with Crippen molar-refractivity contribution >= 4 is 16.0 Å². The monoisotopic (exact) mass is 250 g/mol. The van der Waals surface area contributed by atoms with Crippen LogP contribution in [0.2, 0.25) is 0 Å². The Morgan fingerprint density at radius 2 is 2.25 bits per heavy atom. The topological polar surface area (TPSA) is 86.7 Å². The molecule has 0 aromatic rings. The number of hydrogen-bond donors (Lipinski definition) is 2. The number of nitrogens with one attached hydrogen (secondary N) is 1. The molecule has 1 aliphatic rings. The normalized spacial score (nSPS) is 23.6. The third kappa shape index (κ3) is 2.93. The van der Waals surface area contributed by atoms with Crippen LogP contribution >= 0.6 is 0 Å². The zero-order valence-corrected chi connectivity index (χ0v) is 10.3. The molecule has 2 unspecified atom stereocenters. The number of hydrogen-bond acceptors (Lipinski definition) is 4. The molecule has 0 bridgehead atoms. The summed E-state index contributed by atoms with van der Waals surface area (Å²) in [5.41, 5.74) is 0. The van der Waals surface area contributed by atoms with Crippen LogP contribution < -0.4 is 5.32 Å². The van der Waals surface area contributed by atoms with Gasteiger partial charge < -0.3 is 10.4 Å². The number of rotatable bonds is 5. The van der Waals surface area contributed by atoms with Crippen molar-refractivity contribution in [1.29, 1.82) is 0 Å². The first-order chi connectivity index (χ1) is 7.35.